The first-order valence-corrected chi connectivity index (χ1v) is 8.10. The van der Waals surface area contributed by atoms with Crippen LogP contribution in [0, 0.1) is 0 Å². The number of phenols is 1. The number of nitrogens with one attached hydrogen (secondary N) is 1. The molecule has 2 aromatic carbocycles. The van der Waals surface area contributed by atoms with E-state index >= 15 is 0 Å². The van der Waals surface area contributed by atoms with Gasteiger partial charge in [-0.2, -0.15) is 0 Å². The van der Waals surface area contributed by atoms with Crippen LogP contribution in [-0.4, -0.2) is 25.0 Å². The van der Waals surface area contributed by atoms with Gasteiger partial charge in [0, 0.05) is 28.2 Å². The van der Waals surface area contributed by atoms with Gasteiger partial charge in [0.05, 0.1) is 27.6 Å². The van der Waals surface area contributed by atoms with Crippen molar-refractivity contribution in [3.8, 4) is 17.1 Å². The molecule has 0 aliphatic carbocycles. The standard InChI is InChI=1S/C19H11ClN4O/c20-10-5-6-14(25)13(9-10)19-23-17-11-3-1-7-21-15(11)16-12(18(17)24-19)4-2-8-22-16/h1-9,25H,(H,23,24). The highest BCUT2D eigenvalue weighted by atomic mass is 35.5. The summed E-state index contributed by atoms with van der Waals surface area (Å²) in [5, 5.41) is 12.6. The molecule has 0 bridgehead atoms. The van der Waals surface area contributed by atoms with E-state index in [2.05, 4.69) is 15.0 Å². The van der Waals surface area contributed by atoms with Gasteiger partial charge < -0.3 is 10.1 Å². The second kappa shape index (κ2) is 5.16. The SMILES string of the molecule is Oc1ccc(Cl)cc1-c1nc2c3cccnc3c3ncccc3c2[nH]1. The quantitative estimate of drug-likeness (QED) is 0.432. The fourth-order valence-corrected chi connectivity index (χ4v) is 3.34. The lowest BCUT2D eigenvalue weighted by Crippen LogP contribution is -1.86. The number of aromatic nitrogens is 4. The van der Waals surface area contributed by atoms with Crippen LogP contribution in [0.3, 0.4) is 0 Å². The number of hydrogen-bond acceptors (Lipinski definition) is 4. The van der Waals surface area contributed by atoms with Gasteiger partial charge in [-0.1, -0.05) is 11.6 Å². The van der Waals surface area contributed by atoms with Crippen molar-refractivity contribution >= 4 is 44.4 Å². The molecule has 0 spiro atoms. The zero-order valence-corrected chi connectivity index (χ0v) is 13.6. The zero-order chi connectivity index (χ0) is 17.0. The van der Waals surface area contributed by atoms with Crippen molar-refractivity contribution in [2.45, 2.75) is 0 Å². The average molecular weight is 347 g/mol. The lowest BCUT2D eigenvalue weighted by atomic mass is 10.1. The number of benzene rings is 2. The van der Waals surface area contributed by atoms with Gasteiger partial charge in [-0.3, -0.25) is 9.97 Å². The van der Waals surface area contributed by atoms with Crippen LogP contribution in [0.4, 0.5) is 0 Å². The molecule has 5 aromatic rings. The van der Waals surface area contributed by atoms with Gasteiger partial charge in [0.1, 0.15) is 11.6 Å². The number of imidazole rings is 1. The molecule has 2 N–H and O–H groups in total. The maximum absolute atomic E-state index is 10.2. The smallest absolute Gasteiger partial charge is 0.142 e. The van der Waals surface area contributed by atoms with Crippen LogP contribution in [0.1, 0.15) is 0 Å². The number of rotatable bonds is 1. The molecule has 0 unspecified atom stereocenters. The molecule has 6 heteroatoms. The molecular formula is C19H11ClN4O. The van der Waals surface area contributed by atoms with Crippen LogP contribution < -0.4 is 0 Å². The molecule has 3 heterocycles. The fraction of sp³-hybridized carbons (Fsp3) is 0. The maximum Gasteiger partial charge on any atom is 0.142 e. The van der Waals surface area contributed by atoms with Gasteiger partial charge in [0.2, 0.25) is 0 Å². The van der Waals surface area contributed by atoms with Crippen LogP contribution in [0.2, 0.25) is 5.02 Å². The van der Waals surface area contributed by atoms with Gasteiger partial charge in [0.15, 0.2) is 0 Å². The van der Waals surface area contributed by atoms with Crippen molar-refractivity contribution < 1.29 is 5.11 Å². The zero-order valence-electron chi connectivity index (χ0n) is 12.9. The maximum atomic E-state index is 10.2. The molecule has 0 fully saturated rings. The molecule has 25 heavy (non-hydrogen) atoms. The van der Waals surface area contributed by atoms with E-state index in [1.54, 1.807) is 30.6 Å². The lowest BCUT2D eigenvalue weighted by molar-refractivity contribution is 0.477. The van der Waals surface area contributed by atoms with Crippen LogP contribution in [0.15, 0.2) is 54.9 Å². The number of phenolic OH excluding ortho intramolecular Hbond substituents is 1. The van der Waals surface area contributed by atoms with E-state index < -0.39 is 0 Å². The van der Waals surface area contributed by atoms with E-state index in [9.17, 15) is 5.11 Å². The number of aromatic amines is 1. The van der Waals surface area contributed by atoms with Gasteiger partial charge in [0.25, 0.3) is 0 Å². The topological polar surface area (TPSA) is 74.7 Å². The van der Waals surface area contributed by atoms with Crippen LogP contribution in [0.25, 0.3) is 44.2 Å². The first-order chi connectivity index (χ1) is 12.2. The third-order valence-corrected chi connectivity index (χ3v) is 4.52. The summed E-state index contributed by atoms with van der Waals surface area (Å²) in [6, 6.07) is 12.6. The average Bonchev–Trinajstić information content (AvgIpc) is 3.09. The Hall–Kier alpha value is -3.18. The summed E-state index contributed by atoms with van der Waals surface area (Å²) in [4.78, 5) is 17.0. The first kappa shape index (κ1) is 14.2. The molecule has 0 saturated carbocycles. The predicted molar refractivity (Wildman–Crippen MR) is 98.8 cm³/mol. The van der Waals surface area contributed by atoms with Crippen molar-refractivity contribution in [1.29, 1.82) is 0 Å². The summed E-state index contributed by atoms with van der Waals surface area (Å²) < 4.78 is 0. The largest absolute Gasteiger partial charge is 0.507 e. The number of fused-ring (bicyclic) bond motifs is 6. The third kappa shape index (κ3) is 2.06. The molecule has 5 rings (SSSR count). The first-order valence-electron chi connectivity index (χ1n) is 7.72. The van der Waals surface area contributed by atoms with Crippen molar-refractivity contribution in [2.24, 2.45) is 0 Å². The highest BCUT2D eigenvalue weighted by Gasteiger charge is 2.16. The molecule has 3 aromatic heterocycles. The molecule has 0 aliphatic heterocycles. The van der Waals surface area contributed by atoms with Gasteiger partial charge in [-0.05, 0) is 42.5 Å². The lowest BCUT2D eigenvalue weighted by Gasteiger charge is -2.03. The number of aromatic hydroxyl groups is 1. The van der Waals surface area contributed by atoms with Gasteiger partial charge in [-0.25, -0.2) is 4.98 Å². The van der Waals surface area contributed by atoms with Gasteiger partial charge >= 0.3 is 0 Å². The van der Waals surface area contributed by atoms with Crippen molar-refractivity contribution in [3.63, 3.8) is 0 Å². The van der Waals surface area contributed by atoms with Crippen LogP contribution in [-0.2, 0) is 0 Å². The second-order valence-electron chi connectivity index (χ2n) is 5.77. The summed E-state index contributed by atoms with van der Waals surface area (Å²) in [5.41, 5.74) is 3.82. The highest BCUT2D eigenvalue weighted by molar-refractivity contribution is 6.31. The minimum atomic E-state index is 0.119. The van der Waals surface area contributed by atoms with Crippen LogP contribution in [0.5, 0.6) is 5.75 Å². The minimum absolute atomic E-state index is 0.119. The Morgan fingerprint density at radius 3 is 2.40 bits per heavy atom. The second-order valence-corrected chi connectivity index (χ2v) is 6.21. The highest BCUT2D eigenvalue weighted by Crippen LogP contribution is 2.36. The molecule has 5 nitrogen and oxygen atoms in total. The summed E-state index contributed by atoms with van der Waals surface area (Å²) in [6.45, 7) is 0. The predicted octanol–water partition coefficient (Wildman–Crippen LogP) is 4.69. The molecule has 0 aliphatic rings. The molecule has 0 radical (unpaired) electrons. The summed E-state index contributed by atoms with van der Waals surface area (Å²) in [7, 11) is 0. The van der Waals surface area contributed by atoms with E-state index in [4.69, 9.17) is 16.6 Å². The van der Waals surface area contributed by atoms with E-state index in [1.165, 1.54) is 0 Å². The fourth-order valence-electron chi connectivity index (χ4n) is 3.17. The van der Waals surface area contributed by atoms with E-state index in [1.807, 2.05) is 24.3 Å². The summed E-state index contributed by atoms with van der Waals surface area (Å²) >= 11 is 6.08. The summed E-state index contributed by atoms with van der Waals surface area (Å²) in [6.07, 6.45) is 3.50. The Morgan fingerprint density at radius 2 is 1.60 bits per heavy atom. The molecule has 0 amide bonds. The van der Waals surface area contributed by atoms with E-state index in [0.29, 0.717) is 16.4 Å². The molecule has 0 saturated heterocycles. The Balaban J connectivity index is 1.96. The van der Waals surface area contributed by atoms with Crippen LogP contribution >= 0.6 is 11.6 Å². The van der Waals surface area contributed by atoms with Crippen molar-refractivity contribution in [3.05, 3.63) is 59.9 Å². The molecule has 120 valence electrons. The minimum Gasteiger partial charge on any atom is -0.507 e. The Bertz CT molecular complexity index is 1210. The summed E-state index contributed by atoms with van der Waals surface area (Å²) in [5.74, 6) is 0.671. The Kier molecular flexibility index (Phi) is 2.93. The number of H-pyrrole nitrogens is 1. The van der Waals surface area contributed by atoms with Gasteiger partial charge in [-0.15, -0.1) is 0 Å². The number of halogens is 1. The molecule has 0 atom stereocenters. The Labute approximate surface area is 146 Å². The van der Waals surface area contributed by atoms with Crippen molar-refractivity contribution in [2.75, 3.05) is 0 Å². The van der Waals surface area contributed by atoms with Crippen molar-refractivity contribution in [1.82, 2.24) is 19.9 Å². The number of nitrogens with zero attached hydrogens (tertiary/aromatic N) is 3. The van der Waals surface area contributed by atoms with E-state index in [0.717, 1.165) is 32.8 Å². The Morgan fingerprint density at radius 1 is 0.880 bits per heavy atom. The normalized spacial score (nSPS) is 11.6. The number of pyridine rings is 2. The van der Waals surface area contributed by atoms with E-state index in [-0.39, 0.29) is 5.75 Å². The molecular weight excluding hydrogens is 336 g/mol. The monoisotopic (exact) mass is 346 g/mol. The number of hydrogen-bond donors (Lipinski definition) is 2. The third-order valence-electron chi connectivity index (χ3n) is 4.28.